The summed E-state index contributed by atoms with van der Waals surface area (Å²) in [6, 6.07) is 9.87. The van der Waals surface area contributed by atoms with Crippen LogP contribution in [0.4, 0.5) is 0 Å². The van der Waals surface area contributed by atoms with Gasteiger partial charge in [0.05, 0.1) is 6.07 Å². The number of nitriles is 1. The molecule has 1 rings (SSSR count). The van der Waals surface area contributed by atoms with Gasteiger partial charge in [-0.05, 0) is 30.7 Å². The Kier molecular flexibility index (Phi) is 4.64. The Bertz CT molecular complexity index is 330. The second-order valence-electron chi connectivity index (χ2n) is 3.07. The first-order valence-corrected chi connectivity index (χ1v) is 5.45. The van der Waals surface area contributed by atoms with E-state index in [-0.39, 0.29) is 6.04 Å². The van der Waals surface area contributed by atoms with E-state index in [2.05, 4.69) is 34.2 Å². The van der Waals surface area contributed by atoms with Crippen LogP contribution in [0, 0.1) is 11.3 Å². The van der Waals surface area contributed by atoms with Crippen LogP contribution in [-0.4, -0.2) is 6.54 Å². The van der Waals surface area contributed by atoms with Crippen LogP contribution in [0.1, 0.15) is 24.9 Å². The van der Waals surface area contributed by atoms with Crippen molar-refractivity contribution in [3.63, 3.8) is 0 Å². The zero-order valence-corrected chi connectivity index (χ0v) is 9.71. The number of hydrogen-bond donors (Lipinski definition) is 1. The van der Waals surface area contributed by atoms with E-state index in [0.717, 1.165) is 23.0 Å². The van der Waals surface area contributed by atoms with Crippen LogP contribution < -0.4 is 5.32 Å². The summed E-state index contributed by atoms with van der Waals surface area (Å²) in [5.41, 5.74) is 1.01. The van der Waals surface area contributed by atoms with Crippen molar-refractivity contribution in [1.29, 1.82) is 5.26 Å². The lowest BCUT2D eigenvalue weighted by Gasteiger charge is -2.10. The minimum atomic E-state index is -0.201. The molecule has 2 nitrogen and oxygen atoms in total. The highest BCUT2D eigenvalue weighted by molar-refractivity contribution is 9.10. The lowest BCUT2D eigenvalue weighted by Crippen LogP contribution is -2.20. The molecule has 0 aromatic heterocycles. The smallest absolute Gasteiger partial charge is 0.121 e. The van der Waals surface area contributed by atoms with Crippen LogP contribution in [0.5, 0.6) is 0 Å². The fourth-order valence-corrected chi connectivity index (χ4v) is 1.63. The molecule has 0 spiro atoms. The third-order valence-corrected chi connectivity index (χ3v) is 2.40. The van der Waals surface area contributed by atoms with E-state index in [1.807, 2.05) is 24.3 Å². The predicted octanol–water partition coefficient (Wildman–Crippen LogP) is 3.01. The third-order valence-electron chi connectivity index (χ3n) is 1.91. The van der Waals surface area contributed by atoms with Gasteiger partial charge in [0.2, 0.25) is 0 Å². The fourth-order valence-electron chi connectivity index (χ4n) is 1.21. The number of nitrogens with zero attached hydrogens (tertiary/aromatic N) is 1. The average Bonchev–Trinajstić information content (AvgIpc) is 2.19. The predicted molar refractivity (Wildman–Crippen MR) is 60.8 cm³/mol. The van der Waals surface area contributed by atoms with Gasteiger partial charge in [0, 0.05) is 4.47 Å². The topological polar surface area (TPSA) is 35.8 Å². The second-order valence-corrected chi connectivity index (χ2v) is 3.99. The fraction of sp³-hybridized carbons (Fsp3) is 0.364. The van der Waals surface area contributed by atoms with Crippen LogP contribution in [0.3, 0.4) is 0 Å². The highest BCUT2D eigenvalue weighted by Crippen LogP contribution is 2.17. The third kappa shape index (κ3) is 3.13. The van der Waals surface area contributed by atoms with Gasteiger partial charge >= 0.3 is 0 Å². The first-order chi connectivity index (χ1) is 6.77. The van der Waals surface area contributed by atoms with Gasteiger partial charge in [0.25, 0.3) is 0 Å². The van der Waals surface area contributed by atoms with Gasteiger partial charge in [0.1, 0.15) is 6.04 Å². The minimum Gasteiger partial charge on any atom is -0.298 e. The minimum absolute atomic E-state index is 0.201. The molecule has 0 bridgehead atoms. The van der Waals surface area contributed by atoms with E-state index >= 15 is 0 Å². The number of hydrogen-bond acceptors (Lipinski definition) is 2. The highest BCUT2D eigenvalue weighted by Gasteiger charge is 2.08. The van der Waals surface area contributed by atoms with Crippen molar-refractivity contribution >= 4 is 15.9 Å². The second kappa shape index (κ2) is 5.79. The first kappa shape index (κ1) is 11.2. The van der Waals surface area contributed by atoms with Gasteiger partial charge in [-0.3, -0.25) is 5.32 Å². The lowest BCUT2D eigenvalue weighted by atomic mass is 10.1. The van der Waals surface area contributed by atoms with Crippen molar-refractivity contribution in [2.75, 3.05) is 6.54 Å². The number of halogens is 1. The van der Waals surface area contributed by atoms with Crippen LogP contribution in [0.2, 0.25) is 0 Å². The normalized spacial score (nSPS) is 12.1. The molecule has 0 saturated carbocycles. The molecule has 3 heteroatoms. The molecule has 0 aliphatic carbocycles. The maximum Gasteiger partial charge on any atom is 0.121 e. The van der Waals surface area contributed by atoms with Crippen molar-refractivity contribution in [3.05, 3.63) is 34.3 Å². The molecule has 0 aliphatic rings. The molecular weight excluding hydrogens is 240 g/mol. The summed E-state index contributed by atoms with van der Waals surface area (Å²) in [6.07, 6.45) is 1.03. The molecule has 1 aromatic carbocycles. The largest absolute Gasteiger partial charge is 0.298 e. The van der Waals surface area contributed by atoms with Gasteiger partial charge in [0.15, 0.2) is 0 Å². The summed E-state index contributed by atoms with van der Waals surface area (Å²) in [5.74, 6) is 0. The molecule has 0 saturated heterocycles. The molecule has 1 unspecified atom stereocenters. The van der Waals surface area contributed by atoms with Gasteiger partial charge in [-0.1, -0.05) is 35.0 Å². The van der Waals surface area contributed by atoms with E-state index in [1.165, 1.54) is 0 Å². The molecule has 0 fully saturated rings. The zero-order valence-electron chi connectivity index (χ0n) is 8.13. The molecule has 0 aliphatic heterocycles. The molecule has 0 heterocycles. The molecular formula is C11H13BrN2. The summed E-state index contributed by atoms with van der Waals surface area (Å²) < 4.78 is 1.01. The molecule has 0 radical (unpaired) electrons. The molecule has 14 heavy (non-hydrogen) atoms. The van der Waals surface area contributed by atoms with Gasteiger partial charge in [-0.15, -0.1) is 0 Å². The summed E-state index contributed by atoms with van der Waals surface area (Å²) >= 11 is 3.39. The average molecular weight is 253 g/mol. The Morgan fingerprint density at radius 1 is 1.57 bits per heavy atom. The van der Waals surface area contributed by atoms with Crippen molar-refractivity contribution in [3.8, 4) is 6.07 Å². The van der Waals surface area contributed by atoms with Crippen LogP contribution in [0.25, 0.3) is 0 Å². The van der Waals surface area contributed by atoms with E-state index in [0.29, 0.717) is 0 Å². The number of benzene rings is 1. The van der Waals surface area contributed by atoms with E-state index in [1.54, 1.807) is 0 Å². The Balaban J connectivity index is 2.75. The summed E-state index contributed by atoms with van der Waals surface area (Å²) in [7, 11) is 0. The van der Waals surface area contributed by atoms with Gasteiger partial charge in [-0.25, -0.2) is 0 Å². The summed E-state index contributed by atoms with van der Waals surface area (Å²) in [4.78, 5) is 0. The van der Waals surface area contributed by atoms with E-state index in [4.69, 9.17) is 5.26 Å². The first-order valence-electron chi connectivity index (χ1n) is 4.66. The van der Waals surface area contributed by atoms with Crippen molar-refractivity contribution in [2.24, 2.45) is 0 Å². The Hall–Kier alpha value is -0.850. The summed E-state index contributed by atoms with van der Waals surface area (Å²) in [6.45, 7) is 2.95. The zero-order chi connectivity index (χ0) is 10.4. The molecule has 74 valence electrons. The van der Waals surface area contributed by atoms with Gasteiger partial charge in [-0.2, -0.15) is 5.26 Å². The molecule has 1 aromatic rings. The quantitative estimate of drug-likeness (QED) is 0.895. The van der Waals surface area contributed by atoms with Crippen LogP contribution in [0.15, 0.2) is 28.7 Å². The SMILES string of the molecule is CCCNC(C#N)c1cccc(Br)c1. The maximum atomic E-state index is 8.97. The van der Waals surface area contributed by atoms with Gasteiger partial charge < -0.3 is 0 Å². The Morgan fingerprint density at radius 2 is 2.36 bits per heavy atom. The lowest BCUT2D eigenvalue weighted by molar-refractivity contribution is 0.621. The molecule has 0 amide bonds. The van der Waals surface area contributed by atoms with Crippen molar-refractivity contribution in [1.82, 2.24) is 5.32 Å². The number of nitrogens with one attached hydrogen (secondary N) is 1. The van der Waals surface area contributed by atoms with Crippen molar-refractivity contribution in [2.45, 2.75) is 19.4 Å². The molecule has 1 N–H and O–H groups in total. The van der Waals surface area contributed by atoms with E-state index < -0.39 is 0 Å². The standard InChI is InChI=1S/C11H13BrN2/c1-2-6-14-11(8-13)9-4-3-5-10(12)7-9/h3-5,7,11,14H,2,6H2,1H3. The van der Waals surface area contributed by atoms with Crippen LogP contribution in [-0.2, 0) is 0 Å². The maximum absolute atomic E-state index is 8.97. The van der Waals surface area contributed by atoms with Crippen molar-refractivity contribution < 1.29 is 0 Å². The Labute approximate surface area is 93.1 Å². The number of rotatable bonds is 4. The molecule has 1 atom stereocenters. The highest BCUT2D eigenvalue weighted by atomic mass is 79.9. The summed E-state index contributed by atoms with van der Waals surface area (Å²) in [5, 5.41) is 12.1. The Morgan fingerprint density at radius 3 is 2.93 bits per heavy atom. The van der Waals surface area contributed by atoms with Crippen LogP contribution >= 0.6 is 15.9 Å². The van der Waals surface area contributed by atoms with E-state index in [9.17, 15) is 0 Å². The monoisotopic (exact) mass is 252 g/mol.